The lowest BCUT2D eigenvalue weighted by molar-refractivity contribution is 0.0911. The third-order valence-electron chi connectivity index (χ3n) is 2.51. The molecule has 0 bridgehead atoms. The second-order valence-electron chi connectivity index (χ2n) is 4.40. The predicted octanol–water partition coefficient (Wildman–Crippen LogP) is 3.41. The lowest BCUT2D eigenvalue weighted by Crippen LogP contribution is -2.41. The molecule has 0 aliphatic carbocycles. The Labute approximate surface area is 124 Å². The summed E-state index contributed by atoms with van der Waals surface area (Å²) < 4.78 is 0.947. The molecule has 2 rings (SSSR count). The van der Waals surface area contributed by atoms with E-state index in [1.165, 1.54) is 0 Å². The molecule has 5 heteroatoms. The van der Waals surface area contributed by atoms with Gasteiger partial charge in [-0.3, -0.25) is 4.79 Å². The van der Waals surface area contributed by atoms with Crippen molar-refractivity contribution in [1.29, 1.82) is 0 Å². The molecule has 2 aromatic rings. The van der Waals surface area contributed by atoms with Crippen LogP contribution in [0.15, 0.2) is 35.8 Å². The fourth-order valence-corrected chi connectivity index (χ4v) is 2.93. The van der Waals surface area contributed by atoms with Gasteiger partial charge in [0, 0.05) is 15.1 Å². The quantitative estimate of drug-likeness (QED) is 0.840. The smallest absolute Gasteiger partial charge is 0.253 e. The maximum Gasteiger partial charge on any atom is 0.253 e. The van der Waals surface area contributed by atoms with Crippen LogP contribution >= 0.6 is 33.9 Å². The number of benzene rings is 1. The highest BCUT2D eigenvalue weighted by molar-refractivity contribution is 14.1. The predicted molar refractivity (Wildman–Crippen MR) is 81.8 cm³/mol. The topological polar surface area (TPSA) is 42.0 Å². The number of rotatable bonds is 3. The fourth-order valence-electron chi connectivity index (χ4n) is 1.58. The number of carbonyl (C=O) groups is 1. The largest absolute Gasteiger partial charge is 0.341 e. The lowest BCUT2D eigenvalue weighted by atomic mass is 10.1. The molecule has 3 nitrogen and oxygen atoms in total. The highest BCUT2D eigenvalue weighted by Crippen LogP contribution is 2.23. The molecular formula is C13H13IN2OS. The van der Waals surface area contributed by atoms with E-state index in [2.05, 4.69) is 32.9 Å². The Balaban J connectivity index is 2.20. The summed E-state index contributed by atoms with van der Waals surface area (Å²) in [4.78, 5) is 16.5. The van der Waals surface area contributed by atoms with Crippen molar-refractivity contribution in [3.05, 3.63) is 50.0 Å². The number of amides is 1. The van der Waals surface area contributed by atoms with Gasteiger partial charge in [-0.2, -0.15) is 0 Å². The van der Waals surface area contributed by atoms with Crippen LogP contribution in [0.2, 0.25) is 0 Å². The van der Waals surface area contributed by atoms with Gasteiger partial charge in [0.1, 0.15) is 5.01 Å². The maximum absolute atomic E-state index is 12.2. The third kappa shape index (κ3) is 2.89. The van der Waals surface area contributed by atoms with E-state index in [4.69, 9.17) is 0 Å². The third-order valence-corrected chi connectivity index (χ3v) is 4.55. The number of nitrogens with one attached hydrogen (secondary N) is 1. The first-order valence-electron chi connectivity index (χ1n) is 5.48. The Bertz CT molecular complexity index is 552. The van der Waals surface area contributed by atoms with E-state index in [1.54, 1.807) is 17.5 Å². The highest BCUT2D eigenvalue weighted by Gasteiger charge is 2.26. The normalized spacial score (nSPS) is 11.3. The first kappa shape index (κ1) is 13.5. The summed E-state index contributed by atoms with van der Waals surface area (Å²) in [5.74, 6) is -0.0693. The molecule has 0 fully saturated rings. The van der Waals surface area contributed by atoms with Gasteiger partial charge >= 0.3 is 0 Å². The average molecular weight is 372 g/mol. The van der Waals surface area contributed by atoms with E-state index >= 15 is 0 Å². The molecule has 0 aliphatic heterocycles. The summed E-state index contributed by atoms with van der Waals surface area (Å²) in [6.45, 7) is 3.92. The zero-order chi connectivity index (χ0) is 13.2. The summed E-state index contributed by atoms with van der Waals surface area (Å²) >= 11 is 3.71. The number of carbonyl (C=O) groups excluding carboxylic acids is 1. The molecule has 0 aliphatic rings. The number of nitrogens with zero attached hydrogens (tertiary/aromatic N) is 1. The SMILES string of the molecule is CC(C)(NC(=O)c1ccccc1I)c1nccs1. The first-order valence-corrected chi connectivity index (χ1v) is 7.43. The van der Waals surface area contributed by atoms with Crippen LogP contribution in [-0.4, -0.2) is 10.9 Å². The van der Waals surface area contributed by atoms with Gasteiger partial charge in [-0.1, -0.05) is 12.1 Å². The highest BCUT2D eigenvalue weighted by atomic mass is 127. The van der Waals surface area contributed by atoms with Crippen LogP contribution < -0.4 is 5.32 Å². The molecule has 1 aromatic carbocycles. The number of halogens is 1. The van der Waals surface area contributed by atoms with Crippen LogP contribution in [0.4, 0.5) is 0 Å². The molecule has 1 N–H and O–H groups in total. The summed E-state index contributed by atoms with van der Waals surface area (Å²) in [6, 6.07) is 7.54. The Hall–Kier alpha value is -0.950. The monoisotopic (exact) mass is 372 g/mol. The lowest BCUT2D eigenvalue weighted by Gasteiger charge is -2.24. The minimum atomic E-state index is -0.454. The Morgan fingerprint density at radius 2 is 2.11 bits per heavy atom. The molecule has 0 saturated carbocycles. The van der Waals surface area contributed by atoms with Crippen LogP contribution in [0, 0.1) is 3.57 Å². The molecule has 1 amide bonds. The van der Waals surface area contributed by atoms with Gasteiger partial charge in [-0.25, -0.2) is 4.98 Å². The molecular weight excluding hydrogens is 359 g/mol. The van der Waals surface area contributed by atoms with E-state index in [-0.39, 0.29) is 5.91 Å². The molecule has 0 spiro atoms. The van der Waals surface area contributed by atoms with Gasteiger partial charge in [0.05, 0.1) is 11.1 Å². The fraction of sp³-hybridized carbons (Fsp3) is 0.231. The second kappa shape index (κ2) is 5.36. The number of hydrogen-bond donors (Lipinski definition) is 1. The number of aromatic nitrogens is 1. The molecule has 0 atom stereocenters. The van der Waals surface area contributed by atoms with Crippen molar-refractivity contribution in [1.82, 2.24) is 10.3 Å². The standard InChI is InChI=1S/C13H13IN2OS/c1-13(2,12-15-7-8-18-12)16-11(17)9-5-3-4-6-10(9)14/h3-8H,1-2H3,(H,16,17). The average Bonchev–Trinajstić information content (AvgIpc) is 2.82. The summed E-state index contributed by atoms with van der Waals surface area (Å²) in [5.41, 5.74) is 0.243. The Kier molecular flexibility index (Phi) is 4.01. The Morgan fingerprint density at radius 3 is 2.72 bits per heavy atom. The van der Waals surface area contributed by atoms with E-state index in [0.29, 0.717) is 5.56 Å². The van der Waals surface area contributed by atoms with E-state index < -0.39 is 5.54 Å². The van der Waals surface area contributed by atoms with Crippen molar-refractivity contribution in [2.75, 3.05) is 0 Å². The molecule has 0 unspecified atom stereocenters. The van der Waals surface area contributed by atoms with Gasteiger partial charge in [0.2, 0.25) is 0 Å². The number of thiazole rings is 1. The Morgan fingerprint density at radius 1 is 1.39 bits per heavy atom. The molecule has 1 aromatic heterocycles. The minimum absolute atomic E-state index is 0.0693. The summed E-state index contributed by atoms with van der Waals surface area (Å²) in [5, 5.41) is 5.84. The van der Waals surface area contributed by atoms with Crippen LogP contribution in [-0.2, 0) is 5.54 Å². The van der Waals surface area contributed by atoms with Crippen molar-refractivity contribution >= 4 is 39.8 Å². The van der Waals surface area contributed by atoms with Crippen molar-refractivity contribution < 1.29 is 4.79 Å². The van der Waals surface area contributed by atoms with Gasteiger partial charge in [0.15, 0.2) is 0 Å². The van der Waals surface area contributed by atoms with Gasteiger partial charge in [0.25, 0.3) is 5.91 Å². The van der Waals surface area contributed by atoms with Crippen molar-refractivity contribution in [2.24, 2.45) is 0 Å². The number of hydrogen-bond acceptors (Lipinski definition) is 3. The van der Waals surface area contributed by atoms with Crippen LogP contribution in [0.25, 0.3) is 0 Å². The van der Waals surface area contributed by atoms with Gasteiger partial charge in [-0.05, 0) is 48.6 Å². The van der Waals surface area contributed by atoms with Crippen LogP contribution in [0.5, 0.6) is 0 Å². The molecule has 18 heavy (non-hydrogen) atoms. The molecule has 94 valence electrons. The van der Waals surface area contributed by atoms with E-state index in [1.807, 2.05) is 43.5 Å². The molecule has 0 radical (unpaired) electrons. The van der Waals surface area contributed by atoms with E-state index in [9.17, 15) is 4.79 Å². The summed E-state index contributed by atoms with van der Waals surface area (Å²) in [7, 11) is 0. The molecule has 0 saturated heterocycles. The summed E-state index contributed by atoms with van der Waals surface area (Å²) in [6.07, 6.45) is 1.75. The van der Waals surface area contributed by atoms with Crippen molar-refractivity contribution in [3.63, 3.8) is 0 Å². The van der Waals surface area contributed by atoms with Crippen LogP contribution in [0.3, 0.4) is 0 Å². The maximum atomic E-state index is 12.2. The zero-order valence-electron chi connectivity index (χ0n) is 10.1. The first-order chi connectivity index (χ1) is 8.50. The molecule has 1 heterocycles. The van der Waals surface area contributed by atoms with Crippen molar-refractivity contribution in [3.8, 4) is 0 Å². The van der Waals surface area contributed by atoms with E-state index in [0.717, 1.165) is 8.58 Å². The second-order valence-corrected chi connectivity index (χ2v) is 6.45. The van der Waals surface area contributed by atoms with Crippen molar-refractivity contribution in [2.45, 2.75) is 19.4 Å². The minimum Gasteiger partial charge on any atom is -0.341 e. The van der Waals surface area contributed by atoms with Gasteiger partial charge in [-0.15, -0.1) is 11.3 Å². The zero-order valence-corrected chi connectivity index (χ0v) is 13.1. The van der Waals surface area contributed by atoms with Crippen LogP contribution in [0.1, 0.15) is 29.2 Å². The van der Waals surface area contributed by atoms with Gasteiger partial charge < -0.3 is 5.32 Å².